The largest absolute Gasteiger partial charge is 0.337 e. The molecule has 4 rings (SSSR count). The molecule has 3 aromatic rings. The van der Waals surface area contributed by atoms with Gasteiger partial charge in [-0.25, -0.2) is 0 Å². The van der Waals surface area contributed by atoms with E-state index < -0.39 is 0 Å². The van der Waals surface area contributed by atoms with Crippen LogP contribution in [-0.4, -0.2) is 27.5 Å². The van der Waals surface area contributed by atoms with Crippen LogP contribution >= 0.6 is 22.7 Å². The highest BCUT2D eigenvalue weighted by Crippen LogP contribution is 2.33. The molecule has 0 saturated carbocycles. The summed E-state index contributed by atoms with van der Waals surface area (Å²) in [4.78, 5) is 20.0. The number of nitrogens with zero attached hydrogens (tertiary/aromatic N) is 3. The smallest absolute Gasteiger partial charge is 0.249 e. The Kier molecular flexibility index (Phi) is 3.97. The lowest BCUT2D eigenvalue weighted by Gasteiger charge is -2.21. The van der Waals surface area contributed by atoms with Gasteiger partial charge in [0, 0.05) is 22.4 Å². The van der Waals surface area contributed by atoms with Crippen molar-refractivity contribution in [3.63, 3.8) is 0 Å². The van der Waals surface area contributed by atoms with Gasteiger partial charge < -0.3 is 9.42 Å². The first-order valence-electron chi connectivity index (χ1n) is 7.49. The van der Waals surface area contributed by atoms with Gasteiger partial charge in [-0.15, -0.1) is 11.3 Å². The zero-order valence-electron chi connectivity index (χ0n) is 12.3. The Bertz CT molecular complexity index is 780. The summed E-state index contributed by atoms with van der Waals surface area (Å²) in [5, 5.41) is 10.0. The van der Waals surface area contributed by atoms with Gasteiger partial charge in [0.05, 0.1) is 6.42 Å². The van der Waals surface area contributed by atoms with Gasteiger partial charge in [-0.2, -0.15) is 16.3 Å². The van der Waals surface area contributed by atoms with E-state index in [1.807, 2.05) is 39.2 Å². The minimum absolute atomic E-state index is 0.0950. The van der Waals surface area contributed by atoms with Gasteiger partial charge >= 0.3 is 0 Å². The molecule has 1 atom stereocenters. The summed E-state index contributed by atoms with van der Waals surface area (Å²) in [6.45, 7) is 0.755. The van der Waals surface area contributed by atoms with Crippen LogP contribution < -0.4 is 0 Å². The standard InChI is InChI=1S/C16H15N3O2S2/c20-14(9-12-3-2-7-23-12)19-6-1-4-13(19)16-17-15(18-21-16)11-5-8-22-10-11/h2-3,5,7-8,10,13H,1,4,6,9H2/t13-/m0/s1. The third-order valence-corrected chi connectivity index (χ3v) is 5.54. The van der Waals surface area contributed by atoms with Crippen molar-refractivity contribution in [1.29, 1.82) is 0 Å². The number of rotatable bonds is 4. The van der Waals surface area contributed by atoms with Crippen LogP contribution in [0.3, 0.4) is 0 Å². The molecule has 5 nitrogen and oxygen atoms in total. The lowest BCUT2D eigenvalue weighted by atomic mass is 10.2. The molecule has 7 heteroatoms. The summed E-state index contributed by atoms with van der Waals surface area (Å²) in [7, 11) is 0. The Balaban J connectivity index is 1.52. The van der Waals surface area contributed by atoms with Crippen LogP contribution in [0.2, 0.25) is 0 Å². The van der Waals surface area contributed by atoms with E-state index >= 15 is 0 Å². The topological polar surface area (TPSA) is 59.2 Å². The molecule has 0 aromatic carbocycles. The summed E-state index contributed by atoms with van der Waals surface area (Å²) >= 11 is 3.21. The average molecular weight is 345 g/mol. The maximum absolute atomic E-state index is 12.6. The highest BCUT2D eigenvalue weighted by Gasteiger charge is 2.34. The summed E-state index contributed by atoms with van der Waals surface area (Å²) in [5.74, 6) is 1.27. The molecule has 0 aliphatic carbocycles. The number of likely N-dealkylation sites (tertiary alicyclic amines) is 1. The Morgan fingerprint density at radius 1 is 1.39 bits per heavy atom. The SMILES string of the molecule is O=C(Cc1cccs1)N1CCC[C@H]1c1nc(-c2ccsc2)no1. The van der Waals surface area contributed by atoms with Crippen molar-refractivity contribution in [2.24, 2.45) is 0 Å². The zero-order chi connectivity index (χ0) is 15.6. The third kappa shape index (κ3) is 2.94. The van der Waals surface area contributed by atoms with E-state index in [1.165, 1.54) is 0 Å². The van der Waals surface area contributed by atoms with Crippen molar-refractivity contribution >= 4 is 28.6 Å². The lowest BCUT2D eigenvalue weighted by Crippen LogP contribution is -2.31. The fourth-order valence-electron chi connectivity index (χ4n) is 2.87. The molecular weight excluding hydrogens is 330 g/mol. The molecule has 1 saturated heterocycles. The highest BCUT2D eigenvalue weighted by atomic mass is 32.1. The van der Waals surface area contributed by atoms with Gasteiger partial charge in [0.15, 0.2) is 0 Å². The molecule has 4 heterocycles. The third-order valence-electron chi connectivity index (χ3n) is 3.98. The Hall–Kier alpha value is -1.99. The van der Waals surface area contributed by atoms with E-state index in [0.717, 1.165) is 29.8 Å². The van der Waals surface area contributed by atoms with Gasteiger partial charge in [-0.3, -0.25) is 4.79 Å². The van der Waals surface area contributed by atoms with Crippen molar-refractivity contribution in [3.05, 3.63) is 45.1 Å². The summed E-state index contributed by atoms with van der Waals surface area (Å²) < 4.78 is 5.44. The van der Waals surface area contributed by atoms with Crippen LogP contribution in [0.15, 0.2) is 38.9 Å². The Labute approximate surface area is 141 Å². The number of amides is 1. The second-order valence-electron chi connectivity index (χ2n) is 5.47. The van der Waals surface area contributed by atoms with E-state index in [1.54, 1.807) is 22.7 Å². The first-order valence-corrected chi connectivity index (χ1v) is 9.31. The Morgan fingerprint density at radius 3 is 3.13 bits per heavy atom. The summed E-state index contributed by atoms with van der Waals surface area (Å²) in [6, 6.07) is 5.84. The number of thiophene rings is 2. The molecule has 0 unspecified atom stereocenters. The lowest BCUT2D eigenvalue weighted by molar-refractivity contribution is -0.131. The molecule has 0 radical (unpaired) electrons. The van der Waals surface area contributed by atoms with Gasteiger partial charge in [0.1, 0.15) is 6.04 Å². The second-order valence-corrected chi connectivity index (χ2v) is 7.28. The van der Waals surface area contributed by atoms with E-state index in [2.05, 4.69) is 10.1 Å². The van der Waals surface area contributed by atoms with Crippen LogP contribution in [-0.2, 0) is 11.2 Å². The van der Waals surface area contributed by atoms with E-state index in [9.17, 15) is 4.79 Å². The quantitative estimate of drug-likeness (QED) is 0.722. The first-order chi connectivity index (χ1) is 11.3. The normalized spacial score (nSPS) is 17.7. The molecular formula is C16H15N3O2S2. The van der Waals surface area contributed by atoms with Crippen molar-refractivity contribution in [2.75, 3.05) is 6.54 Å². The fourth-order valence-corrected chi connectivity index (χ4v) is 4.20. The van der Waals surface area contributed by atoms with E-state index in [0.29, 0.717) is 18.1 Å². The van der Waals surface area contributed by atoms with Crippen molar-refractivity contribution in [3.8, 4) is 11.4 Å². The van der Waals surface area contributed by atoms with Crippen molar-refractivity contribution < 1.29 is 9.32 Å². The van der Waals surface area contributed by atoms with Crippen molar-refractivity contribution in [1.82, 2.24) is 15.0 Å². The zero-order valence-corrected chi connectivity index (χ0v) is 14.0. The van der Waals surface area contributed by atoms with Crippen molar-refractivity contribution in [2.45, 2.75) is 25.3 Å². The number of carbonyl (C=O) groups excluding carboxylic acids is 1. The molecule has 0 bridgehead atoms. The molecule has 0 spiro atoms. The number of hydrogen-bond donors (Lipinski definition) is 0. The number of hydrogen-bond acceptors (Lipinski definition) is 6. The predicted octanol–water partition coefficient (Wildman–Crippen LogP) is 3.77. The molecule has 3 aromatic heterocycles. The molecule has 1 aliphatic heterocycles. The van der Waals surface area contributed by atoms with Crippen LogP contribution in [0, 0.1) is 0 Å². The predicted molar refractivity (Wildman–Crippen MR) is 89.3 cm³/mol. The molecule has 118 valence electrons. The van der Waals surface area contributed by atoms with Gasteiger partial charge in [-0.1, -0.05) is 11.2 Å². The summed E-state index contributed by atoms with van der Waals surface area (Å²) in [5.41, 5.74) is 0.958. The molecule has 1 fully saturated rings. The maximum Gasteiger partial charge on any atom is 0.249 e. The first kappa shape index (κ1) is 14.6. The Morgan fingerprint density at radius 2 is 2.35 bits per heavy atom. The monoisotopic (exact) mass is 345 g/mol. The second kappa shape index (κ2) is 6.25. The highest BCUT2D eigenvalue weighted by molar-refractivity contribution is 7.10. The van der Waals surface area contributed by atoms with E-state index in [-0.39, 0.29) is 11.9 Å². The molecule has 23 heavy (non-hydrogen) atoms. The van der Waals surface area contributed by atoms with Gasteiger partial charge in [-0.05, 0) is 35.7 Å². The van der Waals surface area contributed by atoms with Crippen LogP contribution in [0.5, 0.6) is 0 Å². The minimum Gasteiger partial charge on any atom is -0.337 e. The fraction of sp³-hybridized carbons (Fsp3) is 0.312. The average Bonchev–Trinajstić information content (AvgIpc) is 3.30. The number of aromatic nitrogens is 2. The van der Waals surface area contributed by atoms with Crippen LogP contribution in [0.25, 0.3) is 11.4 Å². The molecule has 1 amide bonds. The molecule has 0 N–H and O–H groups in total. The number of carbonyl (C=O) groups is 1. The van der Waals surface area contributed by atoms with Gasteiger partial charge in [0.25, 0.3) is 0 Å². The molecule has 1 aliphatic rings. The van der Waals surface area contributed by atoms with Gasteiger partial charge in [0.2, 0.25) is 17.6 Å². The summed E-state index contributed by atoms with van der Waals surface area (Å²) in [6.07, 6.45) is 2.29. The maximum atomic E-state index is 12.6. The van der Waals surface area contributed by atoms with Crippen LogP contribution in [0.1, 0.15) is 29.7 Å². The van der Waals surface area contributed by atoms with E-state index in [4.69, 9.17) is 4.52 Å². The van der Waals surface area contributed by atoms with Crippen LogP contribution in [0.4, 0.5) is 0 Å². The minimum atomic E-state index is -0.0950.